The molecule has 6 heteroatoms. The second-order valence-electron chi connectivity index (χ2n) is 4.04. The minimum absolute atomic E-state index is 0.270. The standard InChI is InChI=1S/C11H12F4N2/c12-8-4-6-17(7-5-8)10-3-1-2-9(16-10)11(13,14)15/h1-3,8H,4-7H2. The van der Waals surface area contributed by atoms with Crippen LogP contribution in [0, 0.1) is 0 Å². The summed E-state index contributed by atoms with van der Waals surface area (Å²) in [6.45, 7) is 0.824. The third-order valence-electron chi connectivity index (χ3n) is 2.77. The number of anilines is 1. The average Bonchev–Trinajstić information content (AvgIpc) is 2.29. The Bertz CT molecular complexity index is 383. The van der Waals surface area contributed by atoms with E-state index in [1.54, 1.807) is 4.90 Å². The van der Waals surface area contributed by atoms with Crippen LogP contribution in [0.3, 0.4) is 0 Å². The fourth-order valence-electron chi connectivity index (χ4n) is 1.83. The summed E-state index contributed by atoms with van der Waals surface area (Å²) in [7, 11) is 0. The molecule has 1 saturated heterocycles. The lowest BCUT2D eigenvalue weighted by molar-refractivity contribution is -0.141. The number of aromatic nitrogens is 1. The maximum absolute atomic E-state index is 12.9. The summed E-state index contributed by atoms with van der Waals surface area (Å²) in [5.74, 6) is 0.270. The summed E-state index contributed by atoms with van der Waals surface area (Å²) >= 11 is 0. The van der Waals surface area contributed by atoms with E-state index >= 15 is 0 Å². The lowest BCUT2D eigenvalue weighted by Crippen LogP contribution is -2.35. The highest BCUT2D eigenvalue weighted by molar-refractivity contribution is 5.40. The summed E-state index contributed by atoms with van der Waals surface area (Å²) in [6.07, 6.45) is -4.60. The van der Waals surface area contributed by atoms with Gasteiger partial charge in [-0.2, -0.15) is 13.2 Å². The third kappa shape index (κ3) is 2.87. The topological polar surface area (TPSA) is 16.1 Å². The zero-order valence-corrected chi connectivity index (χ0v) is 9.04. The quantitative estimate of drug-likeness (QED) is 0.710. The maximum atomic E-state index is 12.9. The molecule has 0 bridgehead atoms. The van der Waals surface area contributed by atoms with Crippen LogP contribution < -0.4 is 4.90 Å². The van der Waals surface area contributed by atoms with Gasteiger partial charge in [0.15, 0.2) is 0 Å². The average molecular weight is 248 g/mol. The van der Waals surface area contributed by atoms with Crippen LogP contribution in [0.5, 0.6) is 0 Å². The molecule has 0 N–H and O–H groups in total. The van der Waals surface area contributed by atoms with Crippen molar-refractivity contribution in [3.63, 3.8) is 0 Å². The van der Waals surface area contributed by atoms with Gasteiger partial charge in [-0.25, -0.2) is 9.37 Å². The van der Waals surface area contributed by atoms with Crippen molar-refractivity contribution in [3.8, 4) is 0 Å². The third-order valence-corrected chi connectivity index (χ3v) is 2.77. The highest BCUT2D eigenvalue weighted by Crippen LogP contribution is 2.29. The van der Waals surface area contributed by atoms with Crippen LogP contribution in [-0.4, -0.2) is 24.2 Å². The lowest BCUT2D eigenvalue weighted by Gasteiger charge is -2.29. The number of alkyl halides is 4. The molecule has 1 aliphatic heterocycles. The van der Waals surface area contributed by atoms with E-state index in [-0.39, 0.29) is 5.82 Å². The van der Waals surface area contributed by atoms with Crippen LogP contribution >= 0.6 is 0 Å². The molecule has 2 rings (SSSR count). The molecule has 1 aromatic heterocycles. The molecule has 0 spiro atoms. The van der Waals surface area contributed by atoms with Crippen molar-refractivity contribution in [3.05, 3.63) is 23.9 Å². The molecular weight excluding hydrogens is 236 g/mol. The van der Waals surface area contributed by atoms with E-state index in [0.717, 1.165) is 6.07 Å². The molecule has 1 aliphatic rings. The van der Waals surface area contributed by atoms with Gasteiger partial charge in [0.05, 0.1) is 0 Å². The molecule has 0 aliphatic carbocycles. The lowest BCUT2D eigenvalue weighted by atomic mass is 10.1. The summed E-state index contributed by atoms with van der Waals surface area (Å²) in [5.41, 5.74) is -0.905. The number of rotatable bonds is 1. The molecule has 94 valence electrons. The van der Waals surface area contributed by atoms with E-state index in [1.807, 2.05) is 0 Å². The van der Waals surface area contributed by atoms with Gasteiger partial charge in [-0.3, -0.25) is 0 Å². The molecule has 17 heavy (non-hydrogen) atoms. The number of nitrogens with zero attached hydrogens (tertiary/aromatic N) is 2. The fourth-order valence-corrected chi connectivity index (χ4v) is 1.83. The number of hydrogen-bond acceptors (Lipinski definition) is 2. The van der Waals surface area contributed by atoms with E-state index < -0.39 is 18.0 Å². The van der Waals surface area contributed by atoms with Gasteiger partial charge >= 0.3 is 6.18 Å². The van der Waals surface area contributed by atoms with E-state index in [1.165, 1.54) is 12.1 Å². The number of piperidine rings is 1. The highest BCUT2D eigenvalue weighted by atomic mass is 19.4. The van der Waals surface area contributed by atoms with Gasteiger partial charge in [0, 0.05) is 13.1 Å². The van der Waals surface area contributed by atoms with Gasteiger partial charge in [-0.05, 0) is 25.0 Å². The van der Waals surface area contributed by atoms with E-state index in [2.05, 4.69) is 4.98 Å². The van der Waals surface area contributed by atoms with Crippen molar-refractivity contribution in [2.45, 2.75) is 25.2 Å². The summed E-state index contributed by atoms with van der Waals surface area (Å²) < 4.78 is 50.3. The van der Waals surface area contributed by atoms with Crippen molar-refractivity contribution in [2.75, 3.05) is 18.0 Å². The predicted octanol–water partition coefficient (Wildman–Crippen LogP) is 3.04. The first-order chi connectivity index (χ1) is 7.97. The molecule has 2 nitrogen and oxygen atoms in total. The van der Waals surface area contributed by atoms with Crippen molar-refractivity contribution in [2.24, 2.45) is 0 Å². The van der Waals surface area contributed by atoms with Gasteiger partial charge in [-0.15, -0.1) is 0 Å². The van der Waals surface area contributed by atoms with Crippen molar-refractivity contribution in [1.82, 2.24) is 4.98 Å². The summed E-state index contributed by atoms with van der Waals surface area (Å²) in [6, 6.07) is 3.78. The molecule has 0 unspecified atom stereocenters. The molecule has 0 amide bonds. The van der Waals surface area contributed by atoms with Crippen LogP contribution in [0.1, 0.15) is 18.5 Å². The number of hydrogen-bond donors (Lipinski definition) is 0. The first-order valence-electron chi connectivity index (χ1n) is 5.40. The van der Waals surface area contributed by atoms with Gasteiger partial charge in [-0.1, -0.05) is 6.07 Å². The highest BCUT2D eigenvalue weighted by Gasteiger charge is 2.33. The molecule has 1 aromatic rings. The Morgan fingerprint density at radius 1 is 1.18 bits per heavy atom. The van der Waals surface area contributed by atoms with Crippen LogP contribution in [0.2, 0.25) is 0 Å². The zero-order chi connectivity index (χ0) is 12.5. The minimum atomic E-state index is -4.44. The minimum Gasteiger partial charge on any atom is -0.356 e. The Labute approximate surface area is 96.3 Å². The molecule has 0 saturated carbocycles. The molecular formula is C11H12F4N2. The Hall–Kier alpha value is -1.33. The Morgan fingerprint density at radius 2 is 1.82 bits per heavy atom. The van der Waals surface area contributed by atoms with E-state index in [0.29, 0.717) is 25.9 Å². The van der Waals surface area contributed by atoms with Crippen molar-refractivity contribution < 1.29 is 17.6 Å². The predicted molar refractivity (Wildman–Crippen MR) is 55.6 cm³/mol. The molecule has 0 atom stereocenters. The molecule has 0 aromatic carbocycles. The first kappa shape index (κ1) is 12.1. The van der Waals surface area contributed by atoms with E-state index in [4.69, 9.17) is 0 Å². The maximum Gasteiger partial charge on any atom is 0.433 e. The van der Waals surface area contributed by atoms with Crippen molar-refractivity contribution in [1.29, 1.82) is 0 Å². The smallest absolute Gasteiger partial charge is 0.356 e. The SMILES string of the molecule is FC1CCN(c2cccc(C(F)(F)F)n2)CC1. The van der Waals surface area contributed by atoms with Gasteiger partial charge < -0.3 is 4.90 Å². The summed E-state index contributed by atoms with van der Waals surface area (Å²) in [5, 5.41) is 0. The zero-order valence-electron chi connectivity index (χ0n) is 9.04. The monoisotopic (exact) mass is 248 g/mol. The second-order valence-corrected chi connectivity index (χ2v) is 4.04. The Balaban J connectivity index is 2.16. The molecule has 1 fully saturated rings. The fraction of sp³-hybridized carbons (Fsp3) is 0.545. The number of pyridine rings is 1. The normalized spacial score (nSPS) is 18.5. The van der Waals surface area contributed by atoms with Gasteiger partial charge in [0.2, 0.25) is 0 Å². The van der Waals surface area contributed by atoms with Crippen LogP contribution in [0.25, 0.3) is 0 Å². The summed E-state index contributed by atoms with van der Waals surface area (Å²) in [4.78, 5) is 5.26. The van der Waals surface area contributed by atoms with Crippen LogP contribution in [0.15, 0.2) is 18.2 Å². The largest absolute Gasteiger partial charge is 0.433 e. The Morgan fingerprint density at radius 3 is 2.41 bits per heavy atom. The van der Waals surface area contributed by atoms with Gasteiger partial charge in [0.1, 0.15) is 17.7 Å². The van der Waals surface area contributed by atoms with Crippen LogP contribution in [-0.2, 0) is 6.18 Å². The van der Waals surface area contributed by atoms with Crippen LogP contribution in [0.4, 0.5) is 23.4 Å². The van der Waals surface area contributed by atoms with Crippen molar-refractivity contribution >= 4 is 5.82 Å². The molecule has 2 heterocycles. The second kappa shape index (κ2) is 4.50. The Kier molecular flexibility index (Phi) is 3.22. The van der Waals surface area contributed by atoms with E-state index in [9.17, 15) is 17.6 Å². The molecule has 0 radical (unpaired) electrons. The van der Waals surface area contributed by atoms with Gasteiger partial charge in [0.25, 0.3) is 0 Å². The number of halogens is 4. The first-order valence-corrected chi connectivity index (χ1v) is 5.40.